The molecule has 1 aliphatic heterocycles. The second-order valence-electron chi connectivity index (χ2n) is 4.75. The average Bonchev–Trinajstić information content (AvgIpc) is 2.47. The Morgan fingerprint density at radius 2 is 1.64 bits per heavy atom. The molecule has 2 aliphatic rings. The standard InChI is InChI=1S/C10H19NO2S/c12-14(13)7-6-10(8-14)11-9-4-2-1-3-5-9/h9-11H,1-8H2/p+1. The van der Waals surface area contributed by atoms with Gasteiger partial charge in [0.2, 0.25) is 0 Å². The summed E-state index contributed by atoms with van der Waals surface area (Å²) in [6.07, 6.45) is 7.49. The Hall–Kier alpha value is -0.0900. The van der Waals surface area contributed by atoms with Crippen molar-refractivity contribution in [3.05, 3.63) is 0 Å². The molecule has 0 aromatic rings. The van der Waals surface area contributed by atoms with Gasteiger partial charge in [0.05, 0.1) is 11.8 Å². The van der Waals surface area contributed by atoms with E-state index in [0.717, 1.165) is 6.42 Å². The van der Waals surface area contributed by atoms with Crippen LogP contribution in [0, 0.1) is 0 Å². The van der Waals surface area contributed by atoms with Crippen LogP contribution in [0.25, 0.3) is 0 Å². The van der Waals surface area contributed by atoms with Crippen molar-refractivity contribution in [1.82, 2.24) is 0 Å². The summed E-state index contributed by atoms with van der Waals surface area (Å²) in [4.78, 5) is 0. The molecule has 14 heavy (non-hydrogen) atoms. The summed E-state index contributed by atoms with van der Waals surface area (Å²) in [7, 11) is -2.68. The van der Waals surface area contributed by atoms with Crippen LogP contribution in [0.3, 0.4) is 0 Å². The lowest BCUT2D eigenvalue weighted by atomic mass is 9.95. The fourth-order valence-corrected chi connectivity index (χ4v) is 4.45. The van der Waals surface area contributed by atoms with E-state index in [0.29, 0.717) is 23.6 Å². The Morgan fingerprint density at radius 1 is 0.929 bits per heavy atom. The van der Waals surface area contributed by atoms with E-state index in [2.05, 4.69) is 5.32 Å². The van der Waals surface area contributed by atoms with Crippen LogP contribution in [0.1, 0.15) is 38.5 Å². The second kappa shape index (κ2) is 4.19. The zero-order valence-electron chi connectivity index (χ0n) is 8.61. The molecule has 0 aromatic heterocycles. The van der Waals surface area contributed by atoms with Gasteiger partial charge in [-0.05, 0) is 25.7 Å². The minimum absolute atomic E-state index is 0.364. The molecule has 0 bridgehead atoms. The molecule has 2 N–H and O–H groups in total. The van der Waals surface area contributed by atoms with Crippen molar-refractivity contribution in [1.29, 1.82) is 0 Å². The number of hydrogen-bond donors (Lipinski definition) is 1. The van der Waals surface area contributed by atoms with Crippen molar-refractivity contribution < 1.29 is 13.7 Å². The van der Waals surface area contributed by atoms with E-state index in [1.54, 1.807) is 0 Å². The SMILES string of the molecule is O=S1(=O)CCC([NH2+]C2CCCCC2)C1. The molecule has 2 rings (SSSR count). The van der Waals surface area contributed by atoms with Gasteiger partial charge >= 0.3 is 0 Å². The normalized spacial score (nSPS) is 33.3. The molecule has 82 valence electrons. The van der Waals surface area contributed by atoms with Crippen molar-refractivity contribution in [2.24, 2.45) is 0 Å². The van der Waals surface area contributed by atoms with Crippen LogP contribution in [0.4, 0.5) is 0 Å². The van der Waals surface area contributed by atoms with Gasteiger partial charge < -0.3 is 5.32 Å². The van der Waals surface area contributed by atoms with Crippen LogP contribution in [-0.4, -0.2) is 32.0 Å². The Balaban J connectivity index is 1.80. The molecule has 2 fully saturated rings. The van der Waals surface area contributed by atoms with E-state index in [-0.39, 0.29) is 0 Å². The third-order valence-corrected chi connectivity index (χ3v) is 5.26. The summed E-state index contributed by atoms with van der Waals surface area (Å²) < 4.78 is 22.5. The van der Waals surface area contributed by atoms with Crippen molar-refractivity contribution in [2.45, 2.75) is 50.6 Å². The summed E-state index contributed by atoms with van der Waals surface area (Å²) in [6.45, 7) is 0. The van der Waals surface area contributed by atoms with E-state index in [1.807, 2.05) is 0 Å². The molecule has 0 radical (unpaired) electrons. The van der Waals surface area contributed by atoms with Gasteiger partial charge in [-0.1, -0.05) is 6.42 Å². The first-order valence-electron chi connectivity index (χ1n) is 5.71. The highest BCUT2D eigenvalue weighted by Crippen LogP contribution is 2.16. The predicted octanol–water partition coefficient (Wildman–Crippen LogP) is 0.0696. The summed E-state index contributed by atoms with van der Waals surface area (Å²) in [5.41, 5.74) is 0. The number of rotatable bonds is 2. The Morgan fingerprint density at radius 3 is 2.21 bits per heavy atom. The third kappa shape index (κ3) is 2.70. The van der Waals surface area contributed by atoms with Crippen molar-refractivity contribution in [3.63, 3.8) is 0 Å². The molecular formula is C10H20NO2S+. The first kappa shape index (κ1) is 10.4. The van der Waals surface area contributed by atoms with Gasteiger partial charge in [-0.2, -0.15) is 0 Å². The van der Waals surface area contributed by atoms with E-state index >= 15 is 0 Å². The van der Waals surface area contributed by atoms with Gasteiger partial charge in [0.1, 0.15) is 11.8 Å². The lowest BCUT2D eigenvalue weighted by Gasteiger charge is -2.22. The van der Waals surface area contributed by atoms with Gasteiger partial charge in [-0.25, -0.2) is 8.42 Å². The Kier molecular flexibility index (Phi) is 3.12. The fraction of sp³-hybridized carbons (Fsp3) is 1.00. The van der Waals surface area contributed by atoms with Crippen molar-refractivity contribution in [3.8, 4) is 0 Å². The number of sulfone groups is 1. The Labute approximate surface area is 86.2 Å². The molecule has 1 atom stereocenters. The largest absolute Gasteiger partial charge is 0.341 e. The molecule has 0 amide bonds. The smallest absolute Gasteiger partial charge is 0.156 e. The average molecular weight is 218 g/mol. The number of hydrogen-bond acceptors (Lipinski definition) is 2. The fourth-order valence-electron chi connectivity index (χ4n) is 2.69. The maximum Gasteiger partial charge on any atom is 0.156 e. The first-order chi connectivity index (χ1) is 6.66. The zero-order valence-corrected chi connectivity index (χ0v) is 9.43. The molecule has 1 aliphatic carbocycles. The summed E-state index contributed by atoms with van der Waals surface area (Å²) in [5, 5.41) is 2.34. The zero-order chi connectivity index (χ0) is 10.0. The van der Waals surface area contributed by atoms with E-state index in [1.165, 1.54) is 32.1 Å². The maximum absolute atomic E-state index is 11.3. The van der Waals surface area contributed by atoms with Gasteiger partial charge in [0, 0.05) is 6.42 Å². The minimum atomic E-state index is -2.68. The summed E-state index contributed by atoms with van der Waals surface area (Å²) in [5.74, 6) is 0.838. The molecule has 4 heteroatoms. The van der Waals surface area contributed by atoms with Crippen LogP contribution < -0.4 is 5.32 Å². The van der Waals surface area contributed by atoms with E-state index < -0.39 is 9.84 Å². The Bertz CT molecular complexity index is 280. The minimum Gasteiger partial charge on any atom is -0.341 e. The topological polar surface area (TPSA) is 50.8 Å². The van der Waals surface area contributed by atoms with Crippen molar-refractivity contribution in [2.75, 3.05) is 11.5 Å². The van der Waals surface area contributed by atoms with Crippen LogP contribution in [0.5, 0.6) is 0 Å². The predicted molar refractivity (Wildman–Crippen MR) is 55.9 cm³/mol. The second-order valence-corrected chi connectivity index (χ2v) is 6.98. The van der Waals surface area contributed by atoms with Gasteiger partial charge in [0.25, 0.3) is 0 Å². The molecular weight excluding hydrogens is 198 g/mol. The number of quaternary nitrogens is 1. The molecule has 1 unspecified atom stereocenters. The highest BCUT2D eigenvalue weighted by Gasteiger charge is 2.32. The van der Waals surface area contributed by atoms with Gasteiger partial charge in [-0.15, -0.1) is 0 Å². The monoisotopic (exact) mass is 218 g/mol. The quantitative estimate of drug-likeness (QED) is 0.713. The van der Waals surface area contributed by atoms with E-state index in [9.17, 15) is 8.42 Å². The van der Waals surface area contributed by atoms with Crippen molar-refractivity contribution >= 4 is 9.84 Å². The molecule has 1 saturated carbocycles. The number of nitrogens with two attached hydrogens (primary N) is 1. The van der Waals surface area contributed by atoms with Crippen LogP contribution in [-0.2, 0) is 9.84 Å². The van der Waals surface area contributed by atoms with Crippen LogP contribution in [0.2, 0.25) is 0 Å². The van der Waals surface area contributed by atoms with Crippen LogP contribution >= 0.6 is 0 Å². The molecule has 1 saturated heterocycles. The first-order valence-corrected chi connectivity index (χ1v) is 7.53. The molecule has 0 aromatic carbocycles. The highest BCUT2D eigenvalue weighted by molar-refractivity contribution is 7.91. The molecule has 3 nitrogen and oxygen atoms in total. The highest BCUT2D eigenvalue weighted by atomic mass is 32.2. The van der Waals surface area contributed by atoms with E-state index in [4.69, 9.17) is 0 Å². The van der Waals surface area contributed by atoms with Crippen LogP contribution in [0.15, 0.2) is 0 Å². The molecule has 1 heterocycles. The van der Waals surface area contributed by atoms with Gasteiger partial charge in [0.15, 0.2) is 9.84 Å². The lowest BCUT2D eigenvalue weighted by Crippen LogP contribution is -2.95. The van der Waals surface area contributed by atoms with Gasteiger partial charge in [-0.3, -0.25) is 0 Å². The summed E-state index contributed by atoms with van der Waals surface area (Å²) >= 11 is 0. The molecule has 0 spiro atoms. The summed E-state index contributed by atoms with van der Waals surface area (Å²) in [6, 6.07) is 1.07. The maximum atomic E-state index is 11.3. The lowest BCUT2D eigenvalue weighted by molar-refractivity contribution is -0.719. The third-order valence-electron chi connectivity index (χ3n) is 3.46.